The van der Waals surface area contributed by atoms with Gasteiger partial charge in [-0.3, -0.25) is 0 Å². The molecule has 0 aliphatic carbocycles. The Balaban J connectivity index is 0.000000243. The van der Waals surface area contributed by atoms with E-state index in [2.05, 4.69) is 9.05 Å². The van der Waals surface area contributed by atoms with Gasteiger partial charge in [0.2, 0.25) is 0 Å². The average molecular weight is 209 g/mol. The summed E-state index contributed by atoms with van der Waals surface area (Å²) in [6.45, 7) is 6.42. The minimum atomic E-state index is -1.83. The summed E-state index contributed by atoms with van der Waals surface area (Å²) in [6.07, 6.45) is 2.56. The van der Waals surface area contributed by atoms with E-state index in [-0.39, 0.29) is 0 Å². The second-order valence-electron chi connectivity index (χ2n) is 2.38. The maximum Gasteiger partial charge on any atom is 0.697 e. The lowest BCUT2D eigenvalue weighted by atomic mass is 10.4. The summed E-state index contributed by atoms with van der Waals surface area (Å²) in [4.78, 5) is 0. The van der Waals surface area contributed by atoms with Gasteiger partial charge in [0.15, 0.2) is 0 Å². The zero-order valence-corrected chi connectivity index (χ0v) is 9.22. The summed E-state index contributed by atoms with van der Waals surface area (Å²) < 4.78 is 24.4. The molecule has 0 bridgehead atoms. The zero-order chi connectivity index (χ0) is 9.94. The van der Waals surface area contributed by atoms with E-state index in [1.54, 1.807) is 13.8 Å². The Morgan fingerprint density at radius 3 is 1.85 bits per heavy atom. The fraction of sp³-hybridized carbons (Fsp3) is 1.00. The van der Waals surface area contributed by atoms with Crippen molar-refractivity contribution in [3.8, 4) is 0 Å². The van der Waals surface area contributed by atoms with E-state index >= 15 is 0 Å². The van der Waals surface area contributed by atoms with Crippen molar-refractivity contribution in [3.63, 3.8) is 0 Å². The molecule has 0 saturated carbocycles. The van der Waals surface area contributed by atoms with Gasteiger partial charge in [0.05, 0.1) is 0 Å². The molecule has 0 aromatic carbocycles. The van der Waals surface area contributed by atoms with Crippen LogP contribution in [0.25, 0.3) is 0 Å². The van der Waals surface area contributed by atoms with Crippen molar-refractivity contribution in [1.29, 1.82) is 0 Å². The van der Waals surface area contributed by atoms with Crippen LogP contribution in [-0.2, 0) is 18.3 Å². The summed E-state index contributed by atoms with van der Waals surface area (Å²) in [6, 6.07) is 0. The van der Waals surface area contributed by atoms with Gasteiger partial charge < -0.3 is 4.74 Å². The number of hydrogen-bond donors (Lipinski definition) is 0. The molecule has 0 aromatic rings. The van der Waals surface area contributed by atoms with Crippen molar-refractivity contribution in [2.75, 3.05) is 26.4 Å². The molecule has 0 spiro atoms. The molecule has 1 rings (SSSR count). The second-order valence-corrected chi connectivity index (χ2v) is 3.34. The molecule has 0 radical (unpaired) electrons. The Labute approximate surface area is 80.5 Å². The molecular weight excluding hydrogens is 191 g/mol. The lowest BCUT2D eigenvalue weighted by molar-refractivity contribution is 0.198. The summed E-state index contributed by atoms with van der Waals surface area (Å²) >= 11 is 0. The van der Waals surface area contributed by atoms with Crippen molar-refractivity contribution < 1.29 is 18.3 Å². The third-order valence-corrected chi connectivity index (χ3v) is 2.23. The van der Waals surface area contributed by atoms with Gasteiger partial charge in [-0.15, -0.1) is 9.05 Å². The van der Waals surface area contributed by atoms with Crippen molar-refractivity contribution in [2.45, 2.75) is 26.7 Å². The van der Waals surface area contributed by atoms with E-state index in [0.29, 0.717) is 13.2 Å². The minimum absolute atomic E-state index is 0.440. The molecule has 1 heterocycles. The fourth-order valence-electron chi connectivity index (χ4n) is 0.758. The van der Waals surface area contributed by atoms with Crippen LogP contribution in [0, 0.1) is 0 Å². The predicted molar refractivity (Wildman–Crippen MR) is 50.9 cm³/mol. The molecule has 78 valence electrons. The normalized spacial score (nSPS) is 14.9. The van der Waals surface area contributed by atoms with E-state index in [4.69, 9.17) is 4.74 Å². The van der Waals surface area contributed by atoms with Crippen LogP contribution in [0.5, 0.6) is 0 Å². The smallest absolute Gasteiger partial charge is 0.381 e. The Morgan fingerprint density at radius 1 is 1.15 bits per heavy atom. The summed E-state index contributed by atoms with van der Waals surface area (Å²) in [5.41, 5.74) is 0. The van der Waals surface area contributed by atoms with E-state index in [1.165, 1.54) is 12.8 Å². The molecule has 5 heteroatoms. The minimum Gasteiger partial charge on any atom is -0.381 e. The molecule has 1 aliphatic rings. The molecule has 0 atom stereocenters. The number of rotatable bonds is 4. The third-order valence-electron chi connectivity index (χ3n) is 1.30. The third kappa shape index (κ3) is 9.90. The quantitative estimate of drug-likeness (QED) is 0.667. The molecule has 0 aromatic heterocycles. The standard InChI is InChI=1S/C4H10O3P.C4H8O/c1-3-6-8(5)7-4-2;1-2-4-5-3-1/h3-4H2,1-2H3;1-4H2/q+1;. The lowest BCUT2D eigenvalue weighted by Crippen LogP contribution is -1.81. The van der Waals surface area contributed by atoms with Gasteiger partial charge in [-0.05, 0) is 26.7 Å². The maximum absolute atomic E-state index is 10.3. The van der Waals surface area contributed by atoms with Gasteiger partial charge >= 0.3 is 8.25 Å². The van der Waals surface area contributed by atoms with E-state index < -0.39 is 8.25 Å². The SMILES string of the molecule is C1CCOC1.CCO[P+](=O)OCC. The van der Waals surface area contributed by atoms with Gasteiger partial charge in [-0.25, -0.2) is 0 Å². The Morgan fingerprint density at radius 2 is 1.62 bits per heavy atom. The molecule has 0 N–H and O–H groups in total. The second kappa shape index (κ2) is 10.1. The lowest BCUT2D eigenvalue weighted by Gasteiger charge is -1.78. The molecule has 1 aliphatic heterocycles. The average Bonchev–Trinajstić information content (AvgIpc) is 2.61. The number of ether oxygens (including phenoxy) is 1. The van der Waals surface area contributed by atoms with Crippen LogP contribution in [0.3, 0.4) is 0 Å². The number of hydrogen-bond acceptors (Lipinski definition) is 4. The van der Waals surface area contributed by atoms with Gasteiger partial charge in [0.1, 0.15) is 13.2 Å². The molecule has 1 fully saturated rings. The molecule has 0 amide bonds. The van der Waals surface area contributed by atoms with Gasteiger partial charge in [-0.1, -0.05) is 0 Å². The van der Waals surface area contributed by atoms with Gasteiger partial charge in [0, 0.05) is 17.8 Å². The first-order valence-corrected chi connectivity index (χ1v) is 5.71. The summed E-state index contributed by atoms with van der Waals surface area (Å²) in [7, 11) is -1.83. The first-order chi connectivity index (χ1) is 6.31. The predicted octanol–water partition coefficient (Wildman–Crippen LogP) is 2.51. The van der Waals surface area contributed by atoms with Crippen LogP contribution < -0.4 is 0 Å². The van der Waals surface area contributed by atoms with E-state index in [9.17, 15) is 4.57 Å². The van der Waals surface area contributed by atoms with Crippen molar-refractivity contribution in [2.24, 2.45) is 0 Å². The summed E-state index contributed by atoms with van der Waals surface area (Å²) in [5.74, 6) is 0. The van der Waals surface area contributed by atoms with Crippen LogP contribution in [0.4, 0.5) is 0 Å². The molecular formula is C8H18O4P+. The highest BCUT2D eigenvalue weighted by Gasteiger charge is 2.15. The van der Waals surface area contributed by atoms with Gasteiger partial charge in [-0.2, -0.15) is 0 Å². The van der Waals surface area contributed by atoms with Gasteiger partial charge in [0.25, 0.3) is 0 Å². The Hall–Kier alpha value is -0.0200. The van der Waals surface area contributed by atoms with Crippen LogP contribution in [-0.4, -0.2) is 26.4 Å². The van der Waals surface area contributed by atoms with E-state index in [0.717, 1.165) is 13.2 Å². The largest absolute Gasteiger partial charge is 0.697 e. The highest BCUT2D eigenvalue weighted by molar-refractivity contribution is 7.33. The van der Waals surface area contributed by atoms with Crippen molar-refractivity contribution in [1.82, 2.24) is 0 Å². The van der Waals surface area contributed by atoms with E-state index in [1.807, 2.05) is 0 Å². The Bertz CT molecular complexity index is 110. The highest BCUT2D eigenvalue weighted by Crippen LogP contribution is 2.21. The van der Waals surface area contributed by atoms with Crippen LogP contribution in [0.2, 0.25) is 0 Å². The fourth-order valence-corrected chi connectivity index (χ4v) is 1.25. The Kier molecular flexibility index (Phi) is 10.0. The summed E-state index contributed by atoms with van der Waals surface area (Å²) in [5, 5.41) is 0. The zero-order valence-electron chi connectivity index (χ0n) is 8.32. The monoisotopic (exact) mass is 209 g/mol. The topological polar surface area (TPSA) is 44.8 Å². The molecule has 13 heavy (non-hydrogen) atoms. The van der Waals surface area contributed by atoms with Crippen molar-refractivity contribution >= 4 is 8.25 Å². The highest BCUT2D eigenvalue weighted by atomic mass is 31.1. The van der Waals surface area contributed by atoms with Crippen molar-refractivity contribution in [3.05, 3.63) is 0 Å². The maximum atomic E-state index is 10.3. The molecule has 1 saturated heterocycles. The van der Waals surface area contributed by atoms with Crippen LogP contribution in [0.15, 0.2) is 0 Å². The molecule has 0 unspecified atom stereocenters. The van der Waals surface area contributed by atoms with Crippen LogP contribution in [0.1, 0.15) is 26.7 Å². The van der Waals surface area contributed by atoms with Crippen LogP contribution >= 0.6 is 8.25 Å². The first-order valence-electron chi connectivity index (χ1n) is 4.62. The first kappa shape index (κ1) is 13.0. The molecule has 4 nitrogen and oxygen atoms in total.